The second kappa shape index (κ2) is 7.97. The molecule has 13 heteroatoms. The number of sulfonamides is 1. The summed E-state index contributed by atoms with van der Waals surface area (Å²) in [6.07, 6.45) is -2.21. The molecule has 29 heavy (non-hydrogen) atoms. The Labute approximate surface area is 167 Å². The number of benzene rings is 1. The fourth-order valence-electron chi connectivity index (χ4n) is 2.45. The number of hydrogen-bond acceptors (Lipinski definition) is 5. The van der Waals surface area contributed by atoms with Crippen LogP contribution in [0.3, 0.4) is 0 Å². The van der Waals surface area contributed by atoms with E-state index < -0.39 is 44.8 Å². The van der Waals surface area contributed by atoms with Crippen LogP contribution < -0.4 is 10.5 Å². The van der Waals surface area contributed by atoms with Crippen LogP contribution >= 0.6 is 11.6 Å². The Morgan fingerprint density at radius 3 is 2.41 bits per heavy atom. The smallest absolute Gasteiger partial charge is 0.283 e. The lowest BCUT2D eigenvalue weighted by Gasteiger charge is -2.19. The maximum atomic E-state index is 13.5. The van der Waals surface area contributed by atoms with Gasteiger partial charge in [0.15, 0.2) is 10.8 Å². The number of aromatic nitrogens is 3. The predicted molar refractivity (Wildman–Crippen MR) is 96.0 cm³/mol. The van der Waals surface area contributed by atoms with Gasteiger partial charge in [-0.1, -0.05) is 17.7 Å². The number of aromatic amines is 1. The van der Waals surface area contributed by atoms with E-state index in [1.54, 1.807) is 0 Å². The van der Waals surface area contributed by atoms with E-state index in [0.29, 0.717) is 0 Å². The third-order valence-electron chi connectivity index (χ3n) is 3.80. The summed E-state index contributed by atoms with van der Waals surface area (Å²) < 4.78 is 75.9. The van der Waals surface area contributed by atoms with Crippen LogP contribution in [0.25, 0.3) is 0 Å². The number of nitrogens with two attached hydrogens (primary N) is 1. The van der Waals surface area contributed by atoms with Crippen molar-refractivity contribution in [3.63, 3.8) is 0 Å². The van der Waals surface area contributed by atoms with Gasteiger partial charge < -0.3 is 10.3 Å². The van der Waals surface area contributed by atoms with Gasteiger partial charge in [-0.3, -0.25) is 0 Å². The van der Waals surface area contributed by atoms with Gasteiger partial charge in [-0.2, -0.15) is 0 Å². The number of hydrogen-bond donors (Lipinski definition) is 3. The summed E-state index contributed by atoms with van der Waals surface area (Å²) in [5.74, 6) is -2.08. The second-order valence-corrected chi connectivity index (χ2v) is 7.73. The second-order valence-electron chi connectivity index (χ2n) is 5.79. The third kappa shape index (κ3) is 4.66. The Hall–Kier alpha value is -2.70. The summed E-state index contributed by atoms with van der Waals surface area (Å²) in [6, 6.07) is 4.46. The van der Waals surface area contributed by atoms with E-state index >= 15 is 0 Å². The summed E-state index contributed by atoms with van der Waals surface area (Å²) in [5.41, 5.74) is -0.785. The van der Waals surface area contributed by atoms with Crippen LogP contribution in [-0.2, 0) is 10.0 Å². The fraction of sp³-hybridized carbons (Fsp3) is 0.125. The molecule has 0 saturated carbocycles. The number of primary sulfonamides is 1. The summed E-state index contributed by atoms with van der Waals surface area (Å²) in [7, 11) is -4.11. The molecule has 154 valence electrons. The minimum Gasteiger partial charge on any atom is -0.356 e. The SMILES string of the molecule is NS(=O)(=O)c1cnc(C(Nc2ccc(F)c(C(F)F)n2)c2ccc(F)c(Cl)c2)[nH]1. The lowest BCUT2D eigenvalue weighted by Crippen LogP contribution is -2.17. The van der Waals surface area contributed by atoms with Gasteiger partial charge in [0.1, 0.15) is 29.2 Å². The molecule has 0 bridgehead atoms. The molecule has 0 saturated heterocycles. The normalized spacial score (nSPS) is 12.9. The number of imidazole rings is 1. The molecule has 0 radical (unpaired) electrons. The Kier molecular flexibility index (Phi) is 5.78. The highest BCUT2D eigenvalue weighted by Gasteiger charge is 2.23. The van der Waals surface area contributed by atoms with Crippen molar-refractivity contribution in [1.82, 2.24) is 15.0 Å². The van der Waals surface area contributed by atoms with E-state index in [1.165, 1.54) is 12.1 Å². The molecule has 0 spiro atoms. The van der Waals surface area contributed by atoms with Gasteiger partial charge in [-0.05, 0) is 29.8 Å². The number of halogens is 5. The summed E-state index contributed by atoms with van der Waals surface area (Å²) in [4.78, 5) is 9.93. The zero-order chi connectivity index (χ0) is 21.3. The molecular formula is C16H12ClF4N5O2S. The monoisotopic (exact) mass is 449 g/mol. The number of H-pyrrole nitrogens is 1. The number of anilines is 1. The van der Waals surface area contributed by atoms with Gasteiger partial charge in [0.2, 0.25) is 0 Å². The Bertz CT molecular complexity index is 1160. The van der Waals surface area contributed by atoms with E-state index in [0.717, 1.165) is 24.4 Å². The molecule has 2 aromatic heterocycles. The van der Waals surface area contributed by atoms with E-state index in [2.05, 4.69) is 20.3 Å². The first-order chi connectivity index (χ1) is 13.6. The molecule has 0 fully saturated rings. The largest absolute Gasteiger partial charge is 0.356 e. The van der Waals surface area contributed by atoms with Crippen molar-refractivity contribution < 1.29 is 26.0 Å². The molecular weight excluding hydrogens is 438 g/mol. The molecule has 0 aliphatic carbocycles. The maximum absolute atomic E-state index is 13.5. The van der Waals surface area contributed by atoms with Crippen molar-refractivity contribution in [2.24, 2.45) is 5.14 Å². The molecule has 1 atom stereocenters. The van der Waals surface area contributed by atoms with E-state index in [4.69, 9.17) is 16.7 Å². The Morgan fingerprint density at radius 2 is 1.83 bits per heavy atom. The number of pyridine rings is 1. The lowest BCUT2D eigenvalue weighted by molar-refractivity contribution is 0.140. The van der Waals surface area contributed by atoms with Crippen molar-refractivity contribution in [3.05, 3.63) is 70.3 Å². The first-order valence-corrected chi connectivity index (χ1v) is 9.72. The maximum Gasteiger partial charge on any atom is 0.283 e. The molecule has 3 aromatic rings. The molecule has 1 aromatic carbocycles. The zero-order valence-electron chi connectivity index (χ0n) is 14.2. The first kappa shape index (κ1) is 21.0. The van der Waals surface area contributed by atoms with Gasteiger partial charge >= 0.3 is 0 Å². The molecule has 3 rings (SSSR count). The molecule has 2 heterocycles. The van der Waals surface area contributed by atoms with Crippen molar-refractivity contribution in [2.45, 2.75) is 17.5 Å². The predicted octanol–water partition coefficient (Wildman–Crippen LogP) is 3.52. The lowest BCUT2D eigenvalue weighted by atomic mass is 10.1. The van der Waals surface area contributed by atoms with Crippen molar-refractivity contribution in [3.8, 4) is 0 Å². The standard InChI is InChI=1S/C16H12ClF4N5O2S/c17-8-5-7(1-2-9(8)18)13(16-23-6-12(26-16)29(22,27)28)24-11-4-3-10(19)14(25-11)15(20)21/h1-6,13,15H,(H,23,26)(H,24,25)(H2,22,27,28). The van der Waals surface area contributed by atoms with Crippen molar-refractivity contribution in [1.29, 1.82) is 0 Å². The highest BCUT2D eigenvalue weighted by atomic mass is 35.5. The van der Waals surface area contributed by atoms with Crippen LogP contribution in [0.15, 0.2) is 41.6 Å². The van der Waals surface area contributed by atoms with E-state index in [-0.39, 0.29) is 22.2 Å². The number of alkyl halides is 2. The van der Waals surface area contributed by atoms with E-state index in [9.17, 15) is 26.0 Å². The van der Waals surface area contributed by atoms with Crippen LogP contribution in [0.4, 0.5) is 23.4 Å². The average molecular weight is 450 g/mol. The van der Waals surface area contributed by atoms with Gasteiger partial charge in [0.05, 0.1) is 11.2 Å². The topological polar surface area (TPSA) is 114 Å². The highest BCUT2D eigenvalue weighted by Crippen LogP contribution is 2.29. The van der Waals surface area contributed by atoms with Crippen LogP contribution in [0.5, 0.6) is 0 Å². The number of nitrogens with zero attached hydrogens (tertiary/aromatic N) is 2. The minimum atomic E-state index is -4.11. The summed E-state index contributed by atoms with van der Waals surface area (Å²) in [5, 5.41) is 7.12. The van der Waals surface area contributed by atoms with Crippen LogP contribution in [-0.4, -0.2) is 23.4 Å². The van der Waals surface area contributed by atoms with Gasteiger partial charge in [-0.15, -0.1) is 0 Å². The first-order valence-electron chi connectivity index (χ1n) is 7.80. The third-order valence-corrected chi connectivity index (χ3v) is 4.91. The van der Waals surface area contributed by atoms with Crippen LogP contribution in [0, 0.1) is 11.6 Å². The van der Waals surface area contributed by atoms with Crippen LogP contribution in [0.1, 0.15) is 29.5 Å². The quantitative estimate of drug-likeness (QED) is 0.498. The molecule has 1 unspecified atom stereocenters. The van der Waals surface area contributed by atoms with Crippen molar-refractivity contribution in [2.75, 3.05) is 5.32 Å². The van der Waals surface area contributed by atoms with Crippen molar-refractivity contribution >= 4 is 27.4 Å². The molecule has 7 nitrogen and oxygen atoms in total. The Balaban J connectivity index is 2.07. The molecule has 0 amide bonds. The molecule has 4 N–H and O–H groups in total. The van der Waals surface area contributed by atoms with Gasteiger partial charge in [0, 0.05) is 0 Å². The fourth-order valence-corrected chi connectivity index (χ4v) is 3.09. The number of nitrogens with one attached hydrogen (secondary N) is 2. The van der Waals surface area contributed by atoms with Gasteiger partial charge in [-0.25, -0.2) is 41.1 Å². The summed E-state index contributed by atoms with van der Waals surface area (Å²) >= 11 is 5.80. The number of rotatable bonds is 6. The average Bonchev–Trinajstić information content (AvgIpc) is 3.13. The van der Waals surface area contributed by atoms with Crippen LogP contribution in [0.2, 0.25) is 5.02 Å². The molecule has 0 aliphatic rings. The Morgan fingerprint density at radius 1 is 1.14 bits per heavy atom. The minimum absolute atomic E-state index is 0.0126. The highest BCUT2D eigenvalue weighted by molar-refractivity contribution is 7.89. The molecule has 0 aliphatic heterocycles. The van der Waals surface area contributed by atoms with E-state index in [1.807, 2.05) is 0 Å². The zero-order valence-corrected chi connectivity index (χ0v) is 15.8. The summed E-state index contributed by atoms with van der Waals surface area (Å²) in [6.45, 7) is 0. The van der Waals surface area contributed by atoms with Gasteiger partial charge in [0.25, 0.3) is 16.4 Å².